The van der Waals surface area contributed by atoms with Gasteiger partial charge in [0.05, 0.1) is 17.6 Å². The number of hydrogen-bond donors (Lipinski definition) is 1. The zero-order valence-electron chi connectivity index (χ0n) is 15.0. The van der Waals surface area contributed by atoms with Gasteiger partial charge in [0.15, 0.2) is 0 Å². The van der Waals surface area contributed by atoms with Gasteiger partial charge >= 0.3 is 0 Å². The normalized spacial score (nSPS) is 13.7. The van der Waals surface area contributed by atoms with Crippen LogP contribution in [0.3, 0.4) is 0 Å². The molecule has 0 bridgehead atoms. The smallest absolute Gasteiger partial charge is 0.223 e. The average Bonchev–Trinajstić information content (AvgIpc) is 3.47. The fourth-order valence-corrected chi connectivity index (χ4v) is 3.26. The lowest BCUT2D eigenvalue weighted by molar-refractivity contribution is -0.122. The quantitative estimate of drug-likeness (QED) is 0.643. The molecule has 1 aliphatic carbocycles. The van der Waals surface area contributed by atoms with E-state index in [0.29, 0.717) is 31.1 Å². The van der Waals surface area contributed by atoms with Gasteiger partial charge in [0.2, 0.25) is 5.91 Å². The van der Waals surface area contributed by atoms with Crippen LogP contribution in [0.25, 0.3) is 11.0 Å². The number of hydrogen-bond acceptors (Lipinski definition) is 3. The molecule has 27 heavy (non-hydrogen) atoms. The number of carbonyl (C=O) groups excluding carboxylic acids is 1. The highest BCUT2D eigenvalue weighted by Crippen LogP contribution is 2.28. The zero-order valence-corrected chi connectivity index (χ0v) is 15.8. The van der Waals surface area contributed by atoms with E-state index < -0.39 is 0 Å². The van der Waals surface area contributed by atoms with Gasteiger partial charge in [0.1, 0.15) is 18.2 Å². The Kier molecular flexibility index (Phi) is 5.30. The van der Waals surface area contributed by atoms with Crippen LogP contribution in [0.1, 0.15) is 18.7 Å². The Morgan fingerprint density at radius 1 is 1.19 bits per heavy atom. The molecule has 2 aromatic carbocycles. The number of imidazole rings is 1. The molecule has 1 fully saturated rings. The first-order valence-electron chi connectivity index (χ1n) is 9.31. The summed E-state index contributed by atoms with van der Waals surface area (Å²) in [5.41, 5.74) is 2.05. The van der Waals surface area contributed by atoms with Crippen molar-refractivity contribution in [1.82, 2.24) is 14.9 Å². The van der Waals surface area contributed by atoms with E-state index in [2.05, 4.69) is 16.0 Å². The Labute approximate surface area is 163 Å². The monoisotopic (exact) mass is 383 g/mol. The highest BCUT2D eigenvalue weighted by Gasteiger charge is 2.29. The summed E-state index contributed by atoms with van der Waals surface area (Å²) in [6.07, 6.45) is 2.74. The first-order valence-corrected chi connectivity index (χ1v) is 9.69. The molecule has 0 spiro atoms. The molecule has 3 aromatic rings. The molecule has 1 aliphatic rings. The molecule has 0 atom stereocenters. The van der Waals surface area contributed by atoms with Crippen LogP contribution in [0.4, 0.5) is 0 Å². The number of fused-ring (bicyclic) bond motifs is 1. The molecule has 1 saturated carbocycles. The predicted octanol–water partition coefficient (Wildman–Crippen LogP) is 3.84. The molecular formula is C21H22ClN3O2. The topological polar surface area (TPSA) is 56.2 Å². The van der Waals surface area contributed by atoms with Crippen molar-refractivity contribution in [2.24, 2.45) is 5.92 Å². The average molecular weight is 384 g/mol. The molecule has 1 aromatic heterocycles. The van der Waals surface area contributed by atoms with Gasteiger partial charge in [-0.1, -0.05) is 23.7 Å². The zero-order chi connectivity index (χ0) is 18.6. The van der Waals surface area contributed by atoms with E-state index in [4.69, 9.17) is 21.3 Å². The second kappa shape index (κ2) is 8.01. The second-order valence-electron chi connectivity index (χ2n) is 6.79. The Bertz CT molecular complexity index is 932. The predicted molar refractivity (Wildman–Crippen MR) is 106 cm³/mol. The Morgan fingerprint density at radius 3 is 2.74 bits per heavy atom. The summed E-state index contributed by atoms with van der Waals surface area (Å²) in [6.45, 7) is 1.83. The lowest BCUT2D eigenvalue weighted by atomic mass is 10.3. The first kappa shape index (κ1) is 17.9. The summed E-state index contributed by atoms with van der Waals surface area (Å²) >= 11 is 5.91. The molecule has 0 saturated heterocycles. The third kappa shape index (κ3) is 4.42. The number of nitrogens with one attached hydrogen (secondary N) is 1. The van der Waals surface area contributed by atoms with Gasteiger partial charge in [-0.2, -0.15) is 0 Å². The van der Waals surface area contributed by atoms with Crippen LogP contribution in [0, 0.1) is 5.92 Å². The van der Waals surface area contributed by atoms with Crippen molar-refractivity contribution in [3.05, 3.63) is 59.4 Å². The summed E-state index contributed by atoms with van der Waals surface area (Å²) in [5, 5.41) is 3.71. The van der Waals surface area contributed by atoms with Crippen molar-refractivity contribution in [2.45, 2.75) is 25.8 Å². The number of para-hydroxylation sites is 2. The van der Waals surface area contributed by atoms with Gasteiger partial charge < -0.3 is 14.6 Å². The van der Waals surface area contributed by atoms with E-state index in [1.165, 1.54) is 0 Å². The van der Waals surface area contributed by atoms with E-state index >= 15 is 0 Å². The molecule has 4 rings (SSSR count). The van der Waals surface area contributed by atoms with Gasteiger partial charge in [-0.05, 0) is 49.2 Å². The third-order valence-electron chi connectivity index (χ3n) is 4.73. The van der Waals surface area contributed by atoms with Gasteiger partial charge in [-0.25, -0.2) is 4.98 Å². The highest BCUT2D eigenvalue weighted by atomic mass is 35.5. The fraction of sp³-hybridized carbons (Fsp3) is 0.333. The fourth-order valence-electron chi connectivity index (χ4n) is 3.14. The molecule has 0 radical (unpaired) electrons. The number of nitrogens with zero attached hydrogens (tertiary/aromatic N) is 2. The molecule has 5 nitrogen and oxygen atoms in total. The maximum atomic E-state index is 11.8. The van der Waals surface area contributed by atoms with Crippen molar-refractivity contribution in [3.8, 4) is 5.75 Å². The van der Waals surface area contributed by atoms with Gasteiger partial charge in [-0.3, -0.25) is 4.79 Å². The Hall–Kier alpha value is -2.53. The lowest BCUT2D eigenvalue weighted by Gasteiger charge is -2.11. The number of halogens is 1. The van der Waals surface area contributed by atoms with Gasteiger partial charge in [0.25, 0.3) is 0 Å². The number of amides is 1. The van der Waals surface area contributed by atoms with Crippen molar-refractivity contribution >= 4 is 28.5 Å². The second-order valence-corrected chi connectivity index (χ2v) is 7.22. The van der Waals surface area contributed by atoms with Gasteiger partial charge in [-0.15, -0.1) is 0 Å². The Morgan fingerprint density at radius 2 is 1.96 bits per heavy atom. The van der Waals surface area contributed by atoms with Crippen LogP contribution in [-0.4, -0.2) is 28.6 Å². The third-order valence-corrected chi connectivity index (χ3v) is 4.98. The number of carbonyl (C=O) groups is 1. The number of aromatic nitrogens is 2. The maximum Gasteiger partial charge on any atom is 0.223 e. The minimum atomic E-state index is 0.170. The minimum Gasteiger partial charge on any atom is -0.492 e. The van der Waals surface area contributed by atoms with E-state index in [1.54, 1.807) is 0 Å². The molecule has 1 amide bonds. The highest BCUT2D eigenvalue weighted by molar-refractivity contribution is 6.30. The first-order chi connectivity index (χ1) is 13.2. The van der Waals surface area contributed by atoms with Crippen LogP contribution in [0.5, 0.6) is 5.75 Å². The number of benzene rings is 2. The van der Waals surface area contributed by atoms with E-state index in [9.17, 15) is 4.79 Å². The van der Waals surface area contributed by atoms with Crippen LogP contribution < -0.4 is 10.1 Å². The number of rotatable bonds is 8. The van der Waals surface area contributed by atoms with Crippen LogP contribution >= 0.6 is 11.6 Å². The molecule has 0 aliphatic heterocycles. The summed E-state index contributed by atoms with van der Waals surface area (Å²) in [4.78, 5) is 16.6. The summed E-state index contributed by atoms with van der Waals surface area (Å²) < 4.78 is 8.02. The molecule has 6 heteroatoms. The standard InChI is InChI=1S/C21H22ClN3O2/c22-16-7-9-17(10-8-16)27-14-13-25-19-4-2-1-3-18(19)24-20(25)11-12-23-21(26)15-5-6-15/h1-4,7-10,15H,5-6,11-14H2,(H,23,26). The van der Waals surface area contributed by atoms with E-state index in [0.717, 1.165) is 35.4 Å². The van der Waals surface area contributed by atoms with E-state index in [-0.39, 0.29) is 11.8 Å². The van der Waals surface area contributed by atoms with Gasteiger partial charge in [0, 0.05) is 23.9 Å². The molecular weight excluding hydrogens is 362 g/mol. The maximum absolute atomic E-state index is 11.8. The molecule has 1 N–H and O–H groups in total. The van der Waals surface area contributed by atoms with Crippen LogP contribution in [0.15, 0.2) is 48.5 Å². The summed E-state index contributed by atoms with van der Waals surface area (Å²) in [7, 11) is 0. The van der Waals surface area contributed by atoms with Crippen LogP contribution in [-0.2, 0) is 17.8 Å². The summed E-state index contributed by atoms with van der Waals surface area (Å²) in [5.74, 6) is 2.16. The Balaban J connectivity index is 1.42. The van der Waals surface area contributed by atoms with Crippen molar-refractivity contribution in [2.75, 3.05) is 13.2 Å². The van der Waals surface area contributed by atoms with Crippen molar-refractivity contribution < 1.29 is 9.53 Å². The SMILES string of the molecule is O=C(NCCc1nc2ccccc2n1CCOc1ccc(Cl)cc1)C1CC1. The summed E-state index contributed by atoms with van der Waals surface area (Å²) in [6, 6.07) is 15.4. The van der Waals surface area contributed by atoms with Crippen molar-refractivity contribution in [1.29, 1.82) is 0 Å². The van der Waals surface area contributed by atoms with Crippen molar-refractivity contribution in [3.63, 3.8) is 0 Å². The molecule has 0 unspecified atom stereocenters. The largest absolute Gasteiger partial charge is 0.492 e. The number of ether oxygens (including phenoxy) is 1. The van der Waals surface area contributed by atoms with E-state index in [1.807, 2.05) is 42.5 Å². The molecule has 1 heterocycles. The minimum absolute atomic E-state index is 0.170. The molecule has 140 valence electrons. The van der Waals surface area contributed by atoms with Crippen LogP contribution in [0.2, 0.25) is 5.02 Å². The lowest BCUT2D eigenvalue weighted by Crippen LogP contribution is -2.27.